The Kier molecular flexibility index (Phi) is 30.2. The van der Waals surface area contributed by atoms with Gasteiger partial charge >= 0.3 is 11.9 Å². The molecule has 0 radical (unpaired) electrons. The van der Waals surface area contributed by atoms with Gasteiger partial charge in [0.1, 0.15) is 6.10 Å². The molecule has 4 nitrogen and oxygen atoms in total. The van der Waals surface area contributed by atoms with Crippen molar-refractivity contribution in [3.63, 3.8) is 0 Å². The van der Waals surface area contributed by atoms with Gasteiger partial charge in [-0.05, 0) is 76.7 Å². The SMILES string of the molecule is CCCCCC/C=C\C/C=C\C(CCCCCCC(=O)O)OC(=O)CCCCCCC/C=C\CCCCCCC. The molecule has 0 aromatic heterocycles. The fraction of sp³-hybridized carbons (Fsp3) is 0.778. The lowest BCUT2D eigenvalue weighted by Gasteiger charge is -2.14. The maximum atomic E-state index is 12.5. The van der Waals surface area contributed by atoms with E-state index in [9.17, 15) is 9.59 Å². The lowest BCUT2D eigenvalue weighted by molar-refractivity contribution is -0.147. The summed E-state index contributed by atoms with van der Waals surface area (Å²) in [6.07, 6.45) is 40.2. The zero-order valence-electron chi connectivity index (χ0n) is 26.4. The van der Waals surface area contributed by atoms with Crippen LogP contribution in [0.15, 0.2) is 36.5 Å². The van der Waals surface area contributed by atoms with Crippen LogP contribution in [-0.4, -0.2) is 23.1 Å². The molecule has 0 aromatic carbocycles. The van der Waals surface area contributed by atoms with Gasteiger partial charge in [0.25, 0.3) is 0 Å². The van der Waals surface area contributed by atoms with E-state index in [4.69, 9.17) is 9.84 Å². The third kappa shape index (κ3) is 30.7. The molecule has 0 rings (SSSR count). The molecule has 0 saturated heterocycles. The van der Waals surface area contributed by atoms with Crippen LogP contribution in [0.25, 0.3) is 0 Å². The topological polar surface area (TPSA) is 63.6 Å². The number of aliphatic carboxylic acids is 1. The minimum absolute atomic E-state index is 0.0890. The Balaban J connectivity index is 4.12. The molecule has 0 heterocycles. The van der Waals surface area contributed by atoms with E-state index in [-0.39, 0.29) is 18.5 Å². The average Bonchev–Trinajstić information content (AvgIpc) is 2.93. The van der Waals surface area contributed by atoms with Gasteiger partial charge in [0.05, 0.1) is 0 Å². The van der Waals surface area contributed by atoms with Crippen LogP contribution >= 0.6 is 0 Å². The first-order valence-corrected chi connectivity index (χ1v) is 17.0. The molecule has 1 unspecified atom stereocenters. The summed E-state index contributed by atoms with van der Waals surface area (Å²) in [6.45, 7) is 4.49. The second kappa shape index (κ2) is 31.7. The summed E-state index contributed by atoms with van der Waals surface area (Å²) in [4.78, 5) is 23.2. The Morgan fingerprint density at radius 2 is 1.05 bits per heavy atom. The first kappa shape index (κ1) is 38.2. The van der Waals surface area contributed by atoms with Crippen molar-refractivity contribution < 1.29 is 19.4 Å². The van der Waals surface area contributed by atoms with Crippen molar-refractivity contribution in [2.24, 2.45) is 0 Å². The highest BCUT2D eigenvalue weighted by Gasteiger charge is 2.11. The minimum Gasteiger partial charge on any atom is -0.481 e. The summed E-state index contributed by atoms with van der Waals surface area (Å²) in [5, 5.41) is 8.79. The zero-order chi connectivity index (χ0) is 29.4. The summed E-state index contributed by atoms with van der Waals surface area (Å²) < 4.78 is 5.83. The van der Waals surface area contributed by atoms with Gasteiger partial charge < -0.3 is 9.84 Å². The van der Waals surface area contributed by atoms with Crippen LogP contribution in [0.1, 0.15) is 174 Å². The van der Waals surface area contributed by atoms with E-state index in [0.717, 1.165) is 51.4 Å². The molecule has 0 saturated carbocycles. The van der Waals surface area contributed by atoms with Gasteiger partial charge in [0.15, 0.2) is 0 Å². The zero-order valence-corrected chi connectivity index (χ0v) is 26.4. The minimum atomic E-state index is -0.728. The smallest absolute Gasteiger partial charge is 0.306 e. The van der Waals surface area contributed by atoms with Gasteiger partial charge in [-0.25, -0.2) is 0 Å². The van der Waals surface area contributed by atoms with Crippen LogP contribution < -0.4 is 0 Å². The molecule has 0 aromatic rings. The van der Waals surface area contributed by atoms with Crippen molar-refractivity contribution in [3.8, 4) is 0 Å². The third-order valence-electron chi connectivity index (χ3n) is 7.32. The van der Waals surface area contributed by atoms with Crippen molar-refractivity contribution >= 4 is 11.9 Å². The number of esters is 1. The largest absolute Gasteiger partial charge is 0.481 e. The van der Waals surface area contributed by atoms with E-state index in [2.05, 4.69) is 50.3 Å². The predicted octanol–water partition coefficient (Wildman–Crippen LogP) is 11.4. The lowest BCUT2D eigenvalue weighted by atomic mass is 10.1. The van der Waals surface area contributed by atoms with Crippen molar-refractivity contribution in [2.75, 3.05) is 0 Å². The van der Waals surface area contributed by atoms with Crippen LogP contribution in [0.3, 0.4) is 0 Å². The maximum absolute atomic E-state index is 12.5. The van der Waals surface area contributed by atoms with Gasteiger partial charge in [0.2, 0.25) is 0 Å². The molecule has 0 spiro atoms. The summed E-state index contributed by atoms with van der Waals surface area (Å²) in [6, 6.07) is 0. The van der Waals surface area contributed by atoms with Gasteiger partial charge in [-0.15, -0.1) is 0 Å². The highest BCUT2D eigenvalue weighted by molar-refractivity contribution is 5.69. The summed E-state index contributed by atoms with van der Waals surface area (Å²) in [7, 11) is 0. The normalized spacial score (nSPS) is 12.7. The summed E-state index contributed by atoms with van der Waals surface area (Å²) >= 11 is 0. The Hall–Kier alpha value is -1.84. The first-order chi connectivity index (χ1) is 19.6. The van der Waals surface area contributed by atoms with Gasteiger partial charge in [-0.1, -0.05) is 121 Å². The number of carboxylic acids is 1. The highest BCUT2D eigenvalue weighted by atomic mass is 16.5. The molecule has 232 valence electrons. The van der Waals surface area contributed by atoms with E-state index in [1.54, 1.807) is 0 Å². The molecule has 1 atom stereocenters. The van der Waals surface area contributed by atoms with Crippen molar-refractivity contribution in [3.05, 3.63) is 36.5 Å². The number of unbranched alkanes of at least 4 members (excludes halogenated alkanes) is 17. The first-order valence-electron chi connectivity index (χ1n) is 17.0. The van der Waals surface area contributed by atoms with Crippen molar-refractivity contribution in [1.29, 1.82) is 0 Å². The lowest BCUT2D eigenvalue weighted by Crippen LogP contribution is -2.16. The number of hydrogen-bond donors (Lipinski definition) is 1. The Labute approximate surface area is 248 Å². The van der Waals surface area contributed by atoms with Crippen molar-refractivity contribution in [2.45, 2.75) is 180 Å². The van der Waals surface area contributed by atoms with Crippen molar-refractivity contribution in [1.82, 2.24) is 0 Å². The van der Waals surface area contributed by atoms with Crippen LogP contribution in [0.2, 0.25) is 0 Å². The third-order valence-corrected chi connectivity index (χ3v) is 7.32. The number of carboxylic acid groups (broad SMARTS) is 1. The van der Waals surface area contributed by atoms with E-state index < -0.39 is 5.97 Å². The van der Waals surface area contributed by atoms with E-state index in [1.165, 1.54) is 89.9 Å². The van der Waals surface area contributed by atoms with Gasteiger partial charge in [-0.2, -0.15) is 0 Å². The fourth-order valence-corrected chi connectivity index (χ4v) is 4.77. The molecule has 0 aliphatic carbocycles. The molecule has 0 aliphatic heterocycles. The quantitative estimate of drug-likeness (QED) is 0.0539. The second-order valence-electron chi connectivity index (χ2n) is 11.3. The molecule has 0 aliphatic rings. The second-order valence-corrected chi connectivity index (χ2v) is 11.3. The molecule has 1 N–H and O–H groups in total. The number of ether oxygens (including phenoxy) is 1. The molecular weight excluding hydrogens is 496 g/mol. The molecule has 0 amide bonds. The molecule has 0 bridgehead atoms. The summed E-state index contributed by atoms with van der Waals surface area (Å²) in [5.74, 6) is -0.817. The number of hydrogen-bond acceptors (Lipinski definition) is 3. The van der Waals surface area contributed by atoms with E-state index in [0.29, 0.717) is 12.8 Å². The Bertz CT molecular complexity index is 649. The maximum Gasteiger partial charge on any atom is 0.306 e. The number of rotatable bonds is 30. The summed E-state index contributed by atoms with van der Waals surface area (Å²) in [5.41, 5.74) is 0. The van der Waals surface area contributed by atoms with Gasteiger partial charge in [0, 0.05) is 12.8 Å². The predicted molar refractivity (Wildman–Crippen MR) is 172 cm³/mol. The number of carbonyl (C=O) groups is 2. The van der Waals surface area contributed by atoms with E-state index >= 15 is 0 Å². The Morgan fingerprint density at radius 1 is 0.575 bits per heavy atom. The fourth-order valence-electron chi connectivity index (χ4n) is 4.77. The molecular formula is C36H64O4. The molecule has 4 heteroatoms. The molecule has 40 heavy (non-hydrogen) atoms. The monoisotopic (exact) mass is 560 g/mol. The van der Waals surface area contributed by atoms with Crippen LogP contribution in [-0.2, 0) is 14.3 Å². The average molecular weight is 561 g/mol. The van der Waals surface area contributed by atoms with Crippen LogP contribution in [0, 0.1) is 0 Å². The van der Waals surface area contributed by atoms with Crippen LogP contribution in [0.5, 0.6) is 0 Å². The highest BCUT2D eigenvalue weighted by Crippen LogP contribution is 2.14. The standard InChI is InChI=1S/C36H64O4/c1-3-5-7-9-11-13-14-15-16-17-19-21-23-29-33-36(39)40-34(31-27-24-25-28-32-35(37)38)30-26-22-20-18-12-10-8-6-4-2/h14-15,18,20,26,30,34H,3-13,16-17,19,21-25,27-29,31-33H2,1-2H3,(H,37,38)/b15-14-,20-18-,30-26-. The number of allylic oxidation sites excluding steroid dienone is 5. The number of carbonyl (C=O) groups excluding carboxylic acids is 1. The van der Waals surface area contributed by atoms with Gasteiger partial charge in [-0.3, -0.25) is 9.59 Å². The molecule has 0 fully saturated rings. The Morgan fingerprint density at radius 3 is 1.65 bits per heavy atom. The van der Waals surface area contributed by atoms with E-state index in [1.807, 2.05) is 0 Å². The van der Waals surface area contributed by atoms with Crippen LogP contribution in [0.4, 0.5) is 0 Å².